The third-order valence-corrected chi connectivity index (χ3v) is 4.58. The van der Waals surface area contributed by atoms with Gasteiger partial charge in [0.2, 0.25) is 0 Å². The standard InChI is InChI=1S/C11H23NO2S2/c1-4-5-6-7-8-9-15-16-10-12(2)11(13)14-3/h4-10H2,1-3H3. The Labute approximate surface area is 107 Å². The van der Waals surface area contributed by atoms with E-state index in [0.717, 1.165) is 0 Å². The molecule has 3 nitrogen and oxygen atoms in total. The number of hydrogen-bond donors (Lipinski definition) is 0. The van der Waals surface area contributed by atoms with E-state index >= 15 is 0 Å². The first-order valence-corrected chi connectivity index (χ1v) is 8.24. The molecule has 0 rings (SSSR count). The zero-order chi connectivity index (χ0) is 12.2. The van der Waals surface area contributed by atoms with E-state index in [4.69, 9.17) is 0 Å². The van der Waals surface area contributed by atoms with Crippen LogP contribution in [0.4, 0.5) is 4.79 Å². The van der Waals surface area contributed by atoms with E-state index in [0.29, 0.717) is 5.88 Å². The van der Waals surface area contributed by atoms with E-state index in [1.165, 1.54) is 45.0 Å². The summed E-state index contributed by atoms with van der Waals surface area (Å²) in [6, 6.07) is 0. The van der Waals surface area contributed by atoms with Crippen LogP contribution in [0.2, 0.25) is 0 Å². The number of rotatable bonds is 9. The van der Waals surface area contributed by atoms with Crippen LogP contribution >= 0.6 is 21.6 Å². The molecule has 0 aliphatic carbocycles. The van der Waals surface area contributed by atoms with Gasteiger partial charge in [0, 0.05) is 12.8 Å². The molecule has 0 radical (unpaired) electrons. The highest BCUT2D eigenvalue weighted by molar-refractivity contribution is 8.76. The smallest absolute Gasteiger partial charge is 0.409 e. The summed E-state index contributed by atoms with van der Waals surface area (Å²) in [5, 5.41) is 0. The molecule has 96 valence electrons. The fourth-order valence-corrected chi connectivity index (χ4v) is 3.33. The van der Waals surface area contributed by atoms with Crippen molar-refractivity contribution in [2.75, 3.05) is 25.8 Å². The van der Waals surface area contributed by atoms with Gasteiger partial charge in [-0.15, -0.1) is 0 Å². The Balaban J connectivity index is 3.17. The molecule has 0 aromatic heterocycles. The molecule has 0 saturated heterocycles. The van der Waals surface area contributed by atoms with E-state index in [9.17, 15) is 4.79 Å². The summed E-state index contributed by atoms with van der Waals surface area (Å²) in [7, 11) is 6.70. The summed E-state index contributed by atoms with van der Waals surface area (Å²) in [6.07, 6.45) is 6.34. The second-order valence-corrected chi connectivity index (χ2v) is 6.20. The summed E-state index contributed by atoms with van der Waals surface area (Å²) in [5.41, 5.74) is 0. The number of nitrogens with zero attached hydrogens (tertiary/aromatic N) is 1. The van der Waals surface area contributed by atoms with Gasteiger partial charge in [-0.05, 0) is 6.42 Å². The average Bonchev–Trinajstić information content (AvgIpc) is 2.31. The number of carbonyl (C=O) groups excluding carboxylic acids is 1. The van der Waals surface area contributed by atoms with Gasteiger partial charge in [-0.2, -0.15) is 0 Å². The Morgan fingerprint density at radius 3 is 2.50 bits per heavy atom. The number of hydrogen-bond acceptors (Lipinski definition) is 4. The molecular formula is C11H23NO2S2. The lowest BCUT2D eigenvalue weighted by molar-refractivity contribution is 0.140. The molecule has 0 unspecified atom stereocenters. The maximum Gasteiger partial charge on any atom is 0.409 e. The van der Waals surface area contributed by atoms with Gasteiger partial charge in [0.05, 0.1) is 13.0 Å². The summed E-state index contributed by atoms with van der Waals surface area (Å²) in [6.45, 7) is 2.23. The summed E-state index contributed by atoms with van der Waals surface area (Å²) in [4.78, 5) is 12.6. The predicted molar refractivity (Wildman–Crippen MR) is 73.8 cm³/mol. The maximum atomic E-state index is 11.0. The van der Waals surface area contributed by atoms with E-state index < -0.39 is 0 Å². The molecule has 0 saturated carbocycles. The number of carbonyl (C=O) groups is 1. The molecule has 0 spiro atoms. The minimum atomic E-state index is -0.268. The highest BCUT2D eigenvalue weighted by Gasteiger charge is 2.06. The van der Waals surface area contributed by atoms with Crippen molar-refractivity contribution >= 4 is 27.7 Å². The summed E-state index contributed by atoms with van der Waals surface area (Å²) in [5.74, 6) is 1.86. The zero-order valence-electron chi connectivity index (χ0n) is 10.5. The Kier molecular flexibility index (Phi) is 11.4. The van der Waals surface area contributed by atoms with Crippen molar-refractivity contribution in [3.63, 3.8) is 0 Å². The van der Waals surface area contributed by atoms with Crippen LogP contribution in [0.1, 0.15) is 39.0 Å². The zero-order valence-corrected chi connectivity index (χ0v) is 12.2. The predicted octanol–water partition coefficient (Wildman–Crippen LogP) is 3.99. The van der Waals surface area contributed by atoms with Gasteiger partial charge in [0.25, 0.3) is 0 Å². The quantitative estimate of drug-likeness (QED) is 0.358. The van der Waals surface area contributed by atoms with Gasteiger partial charge in [-0.25, -0.2) is 4.79 Å². The minimum absolute atomic E-state index is 0.268. The first-order valence-electron chi connectivity index (χ1n) is 5.75. The summed E-state index contributed by atoms with van der Waals surface area (Å²) < 4.78 is 4.60. The van der Waals surface area contributed by atoms with Crippen molar-refractivity contribution in [1.29, 1.82) is 0 Å². The van der Waals surface area contributed by atoms with Gasteiger partial charge >= 0.3 is 6.09 Å². The number of unbranched alkanes of at least 4 members (excludes halogenated alkanes) is 4. The van der Waals surface area contributed by atoms with Gasteiger partial charge in [-0.3, -0.25) is 0 Å². The van der Waals surface area contributed by atoms with Crippen molar-refractivity contribution in [3.05, 3.63) is 0 Å². The Hall–Kier alpha value is -0.0300. The first-order chi connectivity index (χ1) is 7.72. The van der Waals surface area contributed by atoms with Crippen molar-refractivity contribution in [2.45, 2.75) is 39.0 Å². The molecule has 16 heavy (non-hydrogen) atoms. The summed E-state index contributed by atoms with van der Waals surface area (Å²) >= 11 is 0. The third kappa shape index (κ3) is 9.21. The molecule has 0 aromatic rings. The average molecular weight is 265 g/mol. The van der Waals surface area contributed by atoms with Crippen LogP contribution in [0.5, 0.6) is 0 Å². The highest BCUT2D eigenvalue weighted by atomic mass is 33.1. The van der Waals surface area contributed by atoms with Crippen LogP contribution in [0.3, 0.4) is 0 Å². The monoisotopic (exact) mass is 265 g/mol. The maximum absolute atomic E-state index is 11.0. The Bertz CT molecular complexity index is 179. The molecule has 0 aliphatic heterocycles. The molecule has 0 aromatic carbocycles. The molecule has 0 heterocycles. The Morgan fingerprint density at radius 1 is 1.19 bits per heavy atom. The van der Waals surface area contributed by atoms with E-state index in [1.807, 2.05) is 10.8 Å². The molecule has 0 bridgehead atoms. The van der Waals surface area contributed by atoms with E-state index in [-0.39, 0.29) is 6.09 Å². The molecule has 5 heteroatoms. The van der Waals surface area contributed by atoms with E-state index in [1.54, 1.807) is 22.7 Å². The fraction of sp³-hybridized carbons (Fsp3) is 0.909. The van der Waals surface area contributed by atoms with Crippen LogP contribution in [0, 0.1) is 0 Å². The highest BCUT2D eigenvalue weighted by Crippen LogP contribution is 2.23. The first kappa shape index (κ1) is 16.0. The number of methoxy groups -OCH3 is 1. The largest absolute Gasteiger partial charge is 0.453 e. The molecule has 0 N–H and O–H groups in total. The molecular weight excluding hydrogens is 242 g/mol. The van der Waals surface area contributed by atoms with Gasteiger partial charge < -0.3 is 9.64 Å². The van der Waals surface area contributed by atoms with Crippen LogP contribution in [0.15, 0.2) is 0 Å². The lowest BCUT2D eigenvalue weighted by Gasteiger charge is -2.13. The van der Waals surface area contributed by atoms with Gasteiger partial charge in [0.15, 0.2) is 0 Å². The van der Waals surface area contributed by atoms with Crippen molar-refractivity contribution in [2.24, 2.45) is 0 Å². The van der Waals surface area contributed by atoms with Crippen LogP contribution in [-0.2, 0) is 4.74 Å². The van der Waals surface area contributed by atoms with Gasteiger partial charge in [-0.1, -0.05) is 54.2 Å². The molecule has 0 aliphatic rings. The minimum Gasteiger partial charge on any atom is -0.453 e. The lowest BCUT2D eigenvalue weighted by atomic mass is 10.2. The third-order valence-electron chi connectivity index (χ3n) is 2.15. The second-order valence-electron chi connectivity index (χ2n) is 3.65. The lowest BCUT2D eigenvalue weighted by Crippen LogP contribution is -2.25. The number of amides is 1. The Morgan fingerprint density at radius 2 is 1.88 bits per heavy atom. The normalized spacial score (nSPS) is 10.2. The molecule has 0 fully saturated rings. The SMILES string of the molecule is CCCCCCCSSCN(C)C(=O)OC. The van der Waals surface area contributed by atoms with Crippen LogP contribution in [-0.4, -0.2) is 36.8 Å². The van der Waals surface area contributed by atoms with Crippen molar-refractivity contribution in [3.8, 4) is 0 Å². The second kappa shape index (κ2) is 11.5. The topological polar surface area (TPSA) is 29.5 Å². The van der Waals surface area contributed by atoms with Gasteiger partial charge in [0.1, 0.15) is 0 Å². The van der Waals surface area contributed by atoms with Crippen molar-refractivity contribution < 1.29 is 9.53 Å². The fourth-order valence-electron chi connectivity index (χ4n) is 1.15. The number of ether oxygens (including phenoxy) is 1. The van der Waals surface area contributed by atoms with E-state index in [2.05, 4.69) is 11.7 Å². The van der Waals surface area contributed by atoms with Crippen LogP contribution < -0.4 is 0 Å². The van der Waals surface area contributed by atoms with Crippen LogP contribution in [0.25, 0.3) is 0 Å². The van der Waals surface area contributed by atoms with Crippen molar-refractivity contribution in [1.82, 2.24) is 4.90 Å². The molecule has 0 atom stereocenters. The molecule has 1 amide bonds.